The molecular formula is C19H23N3O3. The van der Waals surface area contributed by atoms with Gasteiger partial charge in [0, 0.05) is 20.0 Å². The Morgan fingerprint density at radius 2 is 1.76 bits per heavy atom. The van der Waals surface area contributed by atoms with Crippen molar-refractivity contribution in [3.63, 3.8) is 0 Å². The van der Waals surface area contributed by atoms with Gasteiger partial charge in [-0.15, -0.1) is 0 Å². The van der Waals surface area contributed by atoms with Gasteiger partial charge in [-0.2, -0.15) is 5.10 Å². The fourth-order valence-electron chi connectivity index (χ4n) is 3.11. The van der Waals surface area contributed by atoms with Crippen LogP contribution in [0, 0.1) is 5.41 Å². The summed E-state index contributed by atoms with van der Waals surface area (Å²) in [6.45, 7) is 7.67. The van der Waals surface area contributed by atoms with Crippen LogP contribution in [0.2, 0.25) is 0 Å². The van der Waals surface area contributed by atoms with Crippen molar-refractivity contribution in [3.8, 4) is 11.4 Å². The van der Waals surface area contributed by atoms with E-state index in [1.807, 2.05) is 24.3 Å². The lowest BCUT2D eigenvalue weighted by atomic mass is 9.82. The normalized spacial score (nSPS) is 16.7. The molecule has 0 bridgehead atoms. The van der Waals surface area contributed by atoms with E-state index in [0.717, 1.165) is 37.3 Å². The van der Waals surface area contributed by atoms with Gasteiger partial charge in [0.05, 0.1) is 17.6 Å². The van der Waals surface area contributed by atoms with Crippen LogP contribution in [-0.4, -0.2) is 33.8 Å². The van der Waals surface area contributed by atoms with Crippen molar-refractivity contribution in [1.82, 2.24) is 9.78 Å². The molecule has 0 spiro atoms. The molecule has 0 unspecified atom stereocenters. The van der Waals surface area contributed by atoms with Crippen molar-refractivity contribution in [1.29, 1.82) is 0 Å². The third kappa shape index (κ3) is 3.43. The Kier molecular flexibility index (Phi) is 4.37. The average Bonchev–Trinajstić information content (AvgIpc) is 2.57. The van der Waals surface area contributed by atoms with Gasteiger partial charge in [0.2, 0.25) is 0 Å². The zero-order chi connectivity index (χ0) is 18.2. The summed E-state index contributed by atoms with van der Waals surface area (Å²) in [4.78, 5) is 25.8. The number of carbonyl (C=O) groups excluding carboxylic acids is 1. The molecule has 2 aromatic rings. The fraction of sp³-hybridized carbons (Fsp3) is 0.421. The summed E-state index contributed by atoms with van der Waals surface area (Å²) in [5.74, 6) is -0.943. The van der Waals surface area contributed by atoms with Crippen LogP contribution in [0.5, 0.6) is 5.75 Å². The maximum Gasteiger partial charge on any atom is 0.252 e. The Morgan fingerprint density at radius 3 is 2.36 bits per heavy atom. The molecule has 1 fully saturated rings. The molecule has 25 heavy (non-hydrogen) atoms. The Balaban J connectivity index is 2.05. The Morgan fingerprint density at radius 1 is 1.16 bits per heavy atom. The van der Waals surface area contributed by atoms with E-state index in [1.165, 1.54) is 17.8 Å². The number of nitrogens with zero attached hydrogens (tertiary/aromatic N) is 3. The first-order valence-corrected chi connectivity index (χ1v) is 8.47. The first kappa shape index (κ1) is 17.2. The van der Waals surface area contributed by atoms with Gasteiger partial charge in [0.25, 0.3) is 5.43 Å². The molecule has 0 radical (unpaired) electrons. The summed E-state index contributed by atoms with van der Waals surface area (Å²) < 4.78 is 1.42. The number of para-hydroxylation sites is 2. The molecule has 1 aromatic carbocycles. The molecule has 1 N–H and O–H groups in total. The summed E-state index contributed by atoms with van der Waals surface area (Å²) in [6, 6.07) is 7.69. The fourth-order valence-corrected chi connectivity index (χ4v) is 3.11. The molecule has 6 heteroatoms. The lowest BCUT2D eigenvalue weighted by Gasteiger charge is -2.38. The number of piperidine rings is 1. The molecule has 6 nitrogen and oxygen atoms in total. The molecule has 1 aromatic heterocycles. The number of aromatic nitrogens is 2. The Bertz CT molecular complexity index is 860. The van der Waals surface area contributed by atoms with E-state index in [0.29, 0.717) is 5.41 Å². The van der Waals surface area contributed by atoms with Crippen LogP contribution >= 0.6 is 0 Å². The van der Waals surface area contributed by atoms with Crippen molar-refractivity contribution < 1.29 is 9.90 Å². The lowest BCUT2D eigenvalue weighted by molar-refractivity contribution is 0.100. The Hall–Kier alpha value is -2.63. The summed E-state index contributed by atoms with van der Waals surface area (Å²) in [5, 5.41) is 14.1. The highest BCUT2D eigenvalue weighted by molar-refractivity contribution is 5.92. The minimum absolute atomic E-state index is 0.255. The minimum atomic E-state index is -0.735. The number of carbonyl (C=O) groups is 1. The topological polar surface area (TPSA) is 75.4 Å². The quantitative estimate of drug-likeness (QED) is 0.869. The van der Waals surface area contributed by atoms with Gasteiger partial charge in [0.15, 0.2) is 17.2 Å². The van der Waals surface area contributed by atoms with Crippen LogP contribution in [0.1, 0.15) is 44.1 Å². The number of hydrogen-bond donors (Lipinski definition) is 1. The number of ketones is 1. The summed E-state index contributed by atoms with van der Waals surface area (Å²) in [7, 11) is 0. The zero-order valence-electron chi connectivity index (χ0n) is 14.8. The standard InChI is InChI=1S/C19H23N3O3/c1-13(23)17-18(25)16(24)12-22(20-17)15-7-5-4-6-14(15)21-10-8-19(2,3)9-11-21/h4-7,12,24H,8-11H2,1-3H3. The van der Waals surface area contributed by atoms with Gasteiger partial charge in [-0.3, -0.25) is 9.59 Å². The van der Waals surface area contributed by atoms with E-state index in [4.69, 9.17) is 0 Å². The summed E-state index contributed by atoms with van der Waals surface area (Å²) in [5.41, 5.74) is 1.06. The van der Waals surface area contributed by atoms with Crippen molar-refractivity contribution in [2.75, 3.05) is 18.0 Å². The van der Waals surface area contributed by atoms with Crippen LogP contribution in [0.25, 0.3) is 5.69 Å². The van der Waals surface area contributed by atoms with Gasteiger partial charge in [-0.25, -0.2) is 4.68 Å². The number of hydrogen-bond acceptors (Lipinski definition) is 5. The molecule has 0 aliphatic carbocycles. The van der Waals surface area contributed by atoms with Crippen LogP contribution in [0.3, 0.4) is 0 Å². The SMILES string of the molecule is CC(=O)c1nn(-c2ccccc2N2CCC(C)(C)CC2)cc(O)c1=O. The van der Waals surface area contributed by atoms with Gasteiger partial charge >= 0.3 is 0 Å². The smallest absolute Gasteiger partial charge is 0.252 e. The number of aromatic hydroxyl groups is 1. The van der Waals surface area contributed by atoms with E-state index in [2.05, 4.69) is 23.8 Å². The lowest BCUT2D eigenvalue weighted by Crippen LogP contribution is -2.37. The van der Waals surface area contributed by atoms with E-state index >= 15 is 0 Å². The summed E-state index contributed by atoms with van der Waals surface area (Å²) in [6.07, 6.45) is 3.44. The van der Waals surface area contributed by atoms with Gasteiger partial charge in [-0.05, 0) is 30.4 Å². The molecular weight excluding hydrogens is 318 g/mol. The molecule has 0 atom stereocenters. The highest BCUT2D eigenvalue weighted by atomic mass is 16.3. The molecule has 2 heterocycles. The second-order valence-corrected chi connectivity index (χ2v) is 7.33. The second-order valence-electron chi connectivity index (χ2n) is 7.33. The predicted molar refractivity (Wildman–Crippen MR) is 96.7 cm³/mol. The van der Waals surface area contributed by atoms with Crippen molar-refractivity contribution in [2.24, 2.45) is 5.41 Å². The summed E-state index contributed by atoms with van der Waals surface area (Å²) >= 11 is 0. The van der Waals surface area contributed by atoms with Crippen molar-refractivity contribution in [3.05, 3.63) is 46.4 Å². The third-order valence-corrected chi connectivity index (χ3v) is 4.82. The highest BCUT2D eigenvalue weighted by Crippen LogP contribution is 2.34. The van der Waals surface area contributed by atoms with E-state index < -0.39 is 17.0 Å². The monoisotopic (exact) mass is 341 g/mol. The molecule has 1 saturated heterocycles. The van der Waals surface area contributed by atoms with Crippen LogP contribution in [0.4, 0.5) is 5.69 Å². The number of Topliss-reactive ketones (excluding diaryl/α,β-unsaturated/α-hetero) is 1. The largest absolute Gasteiger partial charge is 0.503 e. The van der Waals surface area contributed by atoms with E-state index in [9.17, 15) is 14.7 Å². The average molecular weight is 341 g/mol. The molecule has 0 amide bonds. The third-order valence-electron chi connectivity index (χ3n) is 4.82. The minimum Gasteiger partial charge on any atom is -0.503 e. The molecule has 132 valence electrons. The maximum atomic E-state index is 11.9. The number of anilines is 1. The Labute approximate surface area is 146 Å². The van der Waals surface area contributed by atoms with E-state index in [-0.39, 0.29) is 5.69 Å². The highest BCUT2D eigenvalue weighted by Gasteiger charge is 2.27. The van der Waals surface area contributed by atoms with Crippen molar-refractivity contribution in [2.45, 2.75) is 33.6 Å². The van der Waals surface area contributed by atoms with Gasteiger partial charge in [-0.1, -0.05) is 26.0 Å². The molecule has 3 rings (SSSR count). The van der Waals surface area contributed by atoms with E-state index in [1.54, 1.807) is 0 Å². The molecule has 1 aliphatic rings. The van der Waals surface area contributed by atoms with Crippen LogP contribution < -0.4 is 10.3 Å². The first-order valence-electron chi connectivity index (χ1n) is 8.47. The van der Waals surface area contributed by atoms with Crippen LogP contribution in [0.15, 0.2) is 35.3 Å². The van der Waals surface area contributed by atoms with Gasteiger partial charge < -0.3 is 10.0 Å². The molecule has 1 aliphatic heterocycles. The van der Waals surface area contributed by atoms with Gasteiger partial charge in [0.1, 0.15) is 0 Å². The van der Waals surface area contributed by atoms with Crippen LogP contribution in [-0.2, 0) is 0 Å². The zero-order valence-corrected chi connectivity index (χ0v) is 14.8. The van der Waals surface area contributed by atoms with Crippen molar-refractivity contribution >= 4 is 11.5 Å². The second kappa shape index (κ2) is 6.35. The number of benzene rings is 1. The first-order chi connectivity index (χ1) is 11.8. The maximum absolute atomic E-state index is 11.9. The molecule has 0 saturated carbocycles. The number of rotatable bonds is 3. The predicted octanol–water partition coefficient (Wildman–Crippen LogP) is 2.77.